The van der Waals surface area contributed by atoms with Crippen molar-refractivity contribution in [1.29, 1.82) is 0 Å². The molecule has 136 valence electrons. The van der Waals surface area contributed by atoms with Gasteiger partial charge in [0.2, 0.25) is 0 Å². The highest BCUT2D eigenvalue weighted by Gasteiger charge is 2.24. The second-order valence-corrected chi connectivity index (χ2v) is 7.30. The molecule has 0 unspecified atom stereocenters. The molecule has 1 aliphatic heterocycles. The fraction of sp³-hybridized carbons (Fsp3) is 0.450. The van der Waals surface area contributed by atoms with E-state index < -0.39 is 0 Å². The number of piperazine rings is 1. The number of hydrogen-bond acceptors (Lipinski definition) is 6. The van der Waals surface area contributed by atoms with Crippen LogP contribution < -0.4 is 16.0 Å². The Balaban J connectivity index is 1.58. The van der Waals surface area contributed by atoms with E-state index in [4.69, 9.17) is 10.7 Å². The van der Waals surface area contributed by atoms with Crippen LogP contribution in [0.1, 0.15) is 25.5 Å². The van der Waals surface area contributed by atoms with E-state index in [1.807, 2.05) is 12.3 Å². The lowest BCUT2D eigenvalue weighted by molar-refractivity contribution is 0.293. The van der Waals surface area contributed by atoms with E-state index in [1.54, 1.807) is 12.4 Å². The molecule has 3 N–H and O–H groups in total. The molecule has 2 fully saturated rings. The van der Waals surface area contributed by atoms with E-state index in [9.17, 15) is 0 Å². The summed E-state index contributed by atoms with van der Waals surface area (Å²) in [6.07, 6.45) is 7.52. The third kappa shape index (κ3) is 3.55. The van der Waals surface area contributed by atoms with Crippen LogP contribution in [0.25, 0.3) is 16.6 Å². The monoisotopic (exact) mass is 350 g/mol. The van der Waals surface area contributed by atoms with Crippen LogP contribution in [0.4, 0.5) is 5.69 Å². The molecule has 2 heterocycles. The largest absolute Gasteiger partial charge is 0.404 e. The van der Waals surface area contributed by atoms with Gasteiger partial charge in [0.25, 0.3) is 0 Å². The second kappa shape index (κ2) is 7.41. The van der Waals surface area contributed by atoms with Crippen molar-refractivity contribution < 1.29 is 0 Å². The van der Waals surface area contributed by atoms with Crippen molar-refractivity contribution >= 4 is 28.5 Å². The van der Waals surface area contributed by atoms with Crippen molar-refractivity contribution in [2.45, 2.75) is 25.8 Å². The minimum absolute atomic E-state index is 0.424. The summed E-state index contributed by atoms with van der Waals surface area (Å²) in [5.74, 6) is 0.784. The van der Waals surface area contributed by atoms with E-state index >= 15 is 0 Å². The normalized spacial score (nSPS) is 24.2. The zero-order valence-electron chi connectivity index (χ0n) is 15.2. The fourth-order valence-electron chi connectivity index (χ4n) is 3.62. The number of hydrogen-bond donors (Lipinski definition) is 2. The minimum atomic E-state index is 0.424. The van der Waals surface area contributed by atoms with Crippen LogP contribution in [0, 0.1) is 5.92 Å². The lowest BCUT2D eigenvalue weighted by Crippen LogP contribution is -2.43. The van der Waals surface area contributed by atoms with Crippen LogP contribution in [0.5, 0.6) is 0 Å². The number of nitrogens with one attached hydrogen (secondary N) is 1. The molecule has 1 saturated carbocycles. The number of benzene rings is 1. The Morgan fingerprint density at radius 3 is 2.81 bits per heavy atom. The van der Waals surface area contributed by atoms with Gasteiger partial charge >= 0.3 is 0 Å². The number of fused-ring (bicyclic) bond motifs is 1. The lowest BCUT2D eigenvalue weighted by atomic mass is 9.82. The maximum Gasteiger partial charge on any atom is 0.0922 e. The first-order valence-corrected chi connectivity index (χ1v) is 9.41. The van der Waals surface area contributed by atoms with Gasteiger partial charge < -0.3 is 16.0 Å². The number of anilines is 1. The summed E-state index contributed by atoms with van der Waals surface area (Å²) in [4.78, 5) is 16.4. The summed E-state index contributed by atoms with van der Waals surface area (Å²) in [5, 5.41) is 3.38. The topological polar surface area (TPSA) is 79.4 Å². The van der Waals surface area contributed by atoms with Crippen LogP contribution in [0.3, 0.4) is 0 Å². The Hall–Kier alpha value is -2.47. The Bertz CT molecular complexity index is 831. The van der Waals surface area contributed by atoms with Gasteiger partial charge in [-0.05, 0) is 37.0 Å². The summed E-state index contributed by atoms with van der Waals surface area (Å²) in [7, 11) is 0. The van der Waals surface area contributed by atoms with Gasteiger partial charge in [0.15, 0.2) is 0 Å². The molecule has 1 aromatic carbocycles. The summed E-state index contributed by atoms with van der Waals surface area (Å²) >= 11 is 0. The lowest BCUT2D eigenvalue weighted by Gasteiger charge is -2.29. The Morgan fingerprint density at radius 1 is 1.27 bits per heavy atom. The van der Waals surface area contributed by atoms with Gasteiger partial charge in [0.1, 0.15) is 0 Å². The predicted octanol–water partition coefficient (Wildman–Crippen LogP) is 2.21. The van der Waals surface area contributed by atoms with E-state index in [0.29, 0.717) is 6.04 Å². The third-order valence-corrected chi connectivity index (χ3v) is 5.26. The van der Waals surface area contributed by atoms with Crippen molar-refractivity contribution in [1.82, 2.24) is 15.3 Å². The molecule has 4 rings (SSSR count). The van der Waals surface area contributed by atoms with Crippen molar-refractivity contribution in [3.05, 3.63) is 36.3 Å². The average Bonchev–Trinajstić information content (AvgIpc) is 2.67. The SMILES string of the molecule is CC1CC(N=CC(=CN)c2cnc3ccc(N4CCNCC4)cc3n2)C1. The van der Waals surface area contributed by atoms with Gasteiger partial charge in [-0.2, -0.15) is 0 Å². The Labute approximate surface area is 154 Å². The first-order chi connectivity index (χ1) is 12.7. The smallest absolute Gasteiger partial charge is 0.0922 e. The maximum atomic E-state index is 5.83. The molecule has 0 spiro atoms. The number of aliphatic imine (C=N–C) groups is 1. The zero-order valence-corrected chi connectivity index (χ0v) is 15.2. The number of allylic oxidation sites excluding steroid dienone is 1. The Morgan fingerprint density at radius 2 is 2.08 bits per heavy atom. The standard InChI is InChI=1S/C20H26N6/c1-14-8-16(9-14)23-12-15(11-21)20-13-24-18-3-2-17(10-19(18)25-20)26-6-4-22-5-7-26/h2-3,10-14,16,22H,4-9,21H2,1H3. The second-order valence-electron chi connectivity index (χ2n) is 7.30. The summed E-state index contributed by atoms with van der Waals surface area (Å²) < 4.78 is 0. The molecular formula is C20H26N6. The number of aromatic nitrogens is 2. The van der Waals surface area contributed by atoms with E-state index in [0.717, 1.165) is 67.2 Å². The van der Waals surface area contributed by atoms with Crippen molar-refractivity contribution in [3.63, 3.8) is 0 Å². The van der Waals surface area contributed by atoms with Gasteiger partial charge in [0.05, 0.1) is 29.0 Å². The van der Waals surface area contributed by atoms with E-state index in [1.165, 1.54) is 5.69 Å². The molecule has 6 heteroatoms. The first-order valence-electron chi connectivity index (χ1n) is 9.41. The van der Waals surface area contributed by atoms with Gasteiger partial charge in [0, 0.05) is 49.9 Å². The molecule has 1 aliphatic carbocycles. The first kappa shape index (κ1) is 17.0. The number of nitrogens with zero attached hydrogens (tertiary/aromatic N) is 4. The number of nitrogens with two attached hydrogens (primary N) is 1. The molecule has 0 amide bonds. The van der Waals surface area contributed by atoms with Crippen LogP contribution in [-0.2, 0) is 0 Å². The highest BCUT2D eigenvalue weighted by molar-refractivity contribution is 6.09. The minimum Gasteiger partial charge on any atom is -0.404 e. The summed E-state index contributed by atoms with van der Waals surface area (Å²) in [6, 6.07) is 6.71. The van der Waals surface area contributed by atoms with Gasteiger partial charge in [-0.15, -0.1) is 0 Å². The highest BCUT2D eigenvalue weighted by atomic mass is 15.2. The van der Waals surface area contributed by atoms with Gasteiger partial charge in [-0.25, -0.2) is 4.98 Å². The molecule has 6 nitrogen and oxygen atoms in total. The van der Waals surface area contributed by atoms with Crippen LogP contribution >= 0.6 is 0 Å². The van der Waals surface area contributed by atoms with E-state index in [2.05, 4.69) is 39.2 Å². The molecule has 1 aromatic heterocycles. The van der Waals surface area contributed by atoms with Gasteiger partial charge in [-0.3, -0.25) is 9.98 Å². The summed E-state index contributed by atoms with van der Waals surface area (Å²) in [6.45, 7) is 6.31. The molecule has 2 aliphatic rings. The van der Waals surface area contributed by atoms with Crippen molar-refractivity contribution in [2.75, 3.05) is 31.1 Å². The van der Waals surface area contributed by atoms with Crippen LogP contribution in [-0.4, -0.2) is 48.4 Å². The molecule has 0 radical (unpaired) electrons. The molecule has 26 heavy (non-hydrogen) atoms. The third-order valence-electron chi connectivity index (χ3n) is 5.26. The van der Waals surface area contributed by atoms with Gasteiger partial charge in [-0.1, -0.05) is 6.92 Å². The Kier molecular flexibility index (Phi) is 4.84. The molecule has 1 saturated heterocycles. The summed E-state index contributed by atoms with van der Waals surface area (Å²) in [5.41, 5.74) is 10.4. The quantitative estimate of drug-likeness (QED) is 0.827. The van der Waals surface area contributed by atoms with Crippen molar-refractivity contribution in [3.8, 4) is 0 Å². The molecular weight excluding hydrogens is 324 g/mol. The van der Waals surface area contributed by atoms with E-state index in [-0.39, 0.29) is 0 Å². The molecule has 2 aromatic rings. The maximum absolute atomic E-state index is 5.83. The van der Waals surface area contributed by atoms with Crippen molar-refractivity contribution in [2.24, 2.45) is 16.6 Å². The molecule has 0 bridgehead atoms. The highest BCUT2D eigenvalue weighted by Crippen LogP contribution is 2.29. The van der Waals surface area contributed by atoms with Crippen LogP contribution in [0.2, 0.25) is 0 Å². The zero-order chi connectivity index (χ0) is 17.9. The molecule has 0 atom stereocenters. The van der Waals surface area contributed by atoms with Crippen LogP contribution in [0.15, 0.2) is 35.6 Å². The fourth-order valence-corrected chi connectivity index (χ4v) is 3.62. The average molecular weight is 350 g/mol. The number of rotatable bonds is 4. The predicted molar refractivity (Wildman–Crippen MR) is 107 cm³/mol.